The van der Waals surface area contributed by atoms with Crippen LogP contribution in [0.5, 0.6) is 5.75 Å². The fourth-order valence-electron chi connectivity index (χ4n) is 5.79. The van der Waals surface area contributed by atoms with Crippen molar-refractivity contribution >= 4 is 17.7 Å². The number of fused-ring (bicyclic) bond motifs is 1. The third kappa shape index (κ3) is 7.28. The van der Waals surface area contributed by atoms with E-state index in [1.807, 2.05) is 51.1 Å². The summed E-state index contributed by atoms with van der Waals surface area (Å²) in [5.41, 5.74) is 2.99. The van der Waals surface area contributed by atoms with E-state index >= 15 is 0 Å². The molecule has 2 aromatic rings. The van der Waals surface area contributed by atoms with E-state index in [1.165, 1.54) is 5.56 Å². The van der Waals surface area contributed by atoms with Crippen LogP contribution in [0.15, 0.2) is 48.5 Å². The van der Waals surface area contributed by atoms with Gasteiger partial charge in [0.05, 0.1) is 18.6 Å². The minimum atomic E-state index is -0.807. The lowest BCUT2D eigenvalue weighted by molar-refractivity contribution is -0.144. The first kappa shape index (κ1) is 30.6. The maximum Gasteiger partial charge on any atom is 0.246 e. The molecule has 5 unspecified atom stereocenters. The second-order valence-electron chi connectivity index (χ2n) is 12.5. The van der Waals surface area contributed by atoms with Gasteiger partial charge in [-0.1, -0.05) is 64.1 Å². The molecular formula is C33H46N4O4. The summed E-state index contributed by atoms with van der Waals surface area (Å²) < 4.78 is 6.36. The zero-order valence-corrected chi connectivity index (χ0v) is 25.3. The summed E-state index contributed by atoms with van der Waals surface area (Å²) in [6, 6.07) is 14.1. The van der Waals surface area contributed by atoms with Gasteiger partial charge < -0.3 is 25.6 Å². The van der Waals surface area contributed by atoms with E-state index in [9.17, 15) is 14.4 Å². The Morgan fingerprint density at radius 3 is 2.56 bits per heavy atom. The Hall–Kier alpha value is -3.39. The molecule has 1 heterocycles. The van der Waals surface area contributed by atoms with Crippen molar-refractivity contribution in [3.8, 4) is 5.75 Å². The average Bonchev–Trinajstić information content (AvgIpc) is 3.38. The van der Waals surface area contributed by atoms with Crippen LogP contribution in [0.2, 0.25) is 0 Å². The maximum atomic E-state index is 14.2. The first-order chi connectivity index (χ1) is 19.5. The number of rotatable bonds is 9. The van der Waals surface area contributed by atoms with Crippen molar-refractivity contribution in [1.29, 1.82) is 0 Å². The molecule has 4 rings (SSSR count). The van der Waals surface area contributed by atoms with Crippen LogP contribution in [0, 0.1) is 5.41 Å². The lowest BCUT2D eigenvalue weighted by Gasteiger charge is -2.36. The molecule has 3 N–H and O–H groups in total. The lowest BCUT2D eigenvalue weighted by atomic mass is 9.85. The number of ether oxygens (including phenoxy) is 1. The van der Waals surface area contributed by atoms with Gasteiger partial charge in [0.15, 0.2) is 0 Å². The van der Waals surface area contributed by atoms with Crippen LogP contribution in [0.25, 0.3) is 0 Å². The molecule has 0 spiro atoms. The number of amides is 3. The Labute approximate surface area is 244 Å². The molecule has 8 nitrogen and oxygen atoms in total. The molecule has 8 heteroatoms. The molecule has 5 atom stereocenters. The Bertz CT molecular complexity index is 1240. The van der Waals surface area contributed by atoms with Crippen LogP contribution in [0.3, 0.4) is 0 Å². The summed E-state index contributed by atoms with van der Waals surface area (Å²) in [4.78, 5) is 42.6. The molecule has 41 heavy (non-hydrogen) atoms. The van der Waals surface area contributed by atoms with Gasteiger partial charge in [-0.05, 0) is 73.9 Å². The SMILES string of the molecule is CCc1cccc(OC2CC(C(=O)NC3CCCc4ccccc43)N(C(=O)C(NC(=O)C(C)NC)C(C)(C)C)C2)c1. The smallest absolute Gasteiger partial charge is 0.246 e. The van der Waals surface area contributed by atoms with Gasteiger partial charge in [-0.2, -0.15) is 0 Å². The van der Waals surface area contributed by atoms with Gasteiger partial charge in [-0.25, -0.2) is 0 Å². The van der Waals surface area contributed by atoms with Crippen LogP contribution in [0.4, 0.5) is 0 Å². The average molecular weight is 563 g/mol. The number of hydrogen-bond donors (Lipinski definition) is 3. The second-order valence-corrected chi connectivity index (χ2v) is 12.5. The van der Waals surface area contributed by atoms with Gasteiger partial charge in [0.2, 0.25) is 17.7 Å². The van der Waals surface area contributed by atoms with E-state index in [0.29, 0.717) is 6.42 Å². The van der Waals surface area contributed by atoms with Crippen molar-refractivity contribution < 1.29 is 19.1 Å². The van der Waals surface area contributed by atoms with E-state index in [1.54, 1.807) is 18.9 Å². The first-order valence-corrected chi connectivity index (χ1v) is 14.9. The highest BCUT2D eigenvalue weighted by Crippen LogP contribution is 2.32. The normalized spacial score (nSPS) is 21.9. The molecule has 0 radical (unpaired) electrons. The number of aryl methyl sites for hydroxylation is 2. The van der Waals surface area contributed by atoms with Gasteiger partial charge in [0.1, 0.15) is 23.9 Å². The Balaban J connectivity index is 1.60. The van der Waals surface area contributed by atoms with Crippen molar-refractivity contribution in [1.82, 2.24) is 20.9 Å². The van der Waals surface area contributed by atoms with E-state index < -0.39 is 23.5 Å². The van der Waals surface area contributed by atoms with Crippen LogP contribution in [-0.4, -0.2) is 60.4 Å². The quantitative estimate of drug-likeness (QED) is 0.430. The van der Waals surface area contributed by atoms with Crippen LogP contribution in [0.1, 0.15) is 76.6 Å². The highest BCUT2D eigenvalue weighted by atomic mass is 16.5. The van der Waals surface area contributed by atoms with Crippen molar-refractivity contribution in [2.75, 3.05) is 13.6 Å². The molecule has 1 aliphatic heterocycles. The number of benzene rings is 2. The van der Waals surface area contributed by atoms with Crippen LogP contribution >= 0.6 is 0 Å². The Morgan fingerprint density at radius 2 is 1.85 bits per heavy atom. The molecule has 0 bridgehead atoms. The molecule has 0 saturated carbocycles. The van der Waals surface area contributed by atoms with Gasteiger partial charge >= 0.3 is 0 Å². The number of nitrogens with zero attached hydrogens (tertiary/aromatic N) is 1. The minimum absolute atomic E-state index is 0.0970. The fraction of sp³-hybridized carbons (Fsp3) is 0.545. The van der Waals surface area contributed by atoms with Crippen LogP contribution < -0.4 is 20.7 Å². The number of likely N-dealkylation sites (tertiary alicyclic amines) is 1. The number of nitrogens with one attached hydrogen (secondary N) is 3. The molecule has 3 amide bonds. The van der Waals surface area contributed by atoms with E-state index in [-0.39, 0.29) is 36.4 Å². The number of likely N-dealkylation sites (N-methyl/N-ethyl adjacent to an activating group) is 1. The highest BCUT2D eigenvalue weighted by Gasteiger charge is 2.46. The predicted molar refractivity (Wildman–Crippen MR) is 161 cm³/mol. The molecule has 2 aliphatic rings. The Morgan fingerprint density at radius 1 is 1.10 bits per heavy atom. The largest absolute Gasteiger partial charge is 0.488 e. The third-order valence-corrected chi connectivity index (χ3v) is 8.37. The first-order valence-electron chi connectivity index (χ1n) is 14.9. The zero-order chi connectivity index (χ0) is 29.7. The van der Waals surface area contributed by atoms with Crippen molar-refractivity contribution in [3.05, 3.63) is 65.2 Å². The second kappa shape index (κ2) is 13.1. The van der Waals surface area contributed by atoms with Crippen LogP contribution in [-0.2, 0) is 27.2 Å². The Kier molecular flexibility index (Phi) is 9.74. The molecule has 1 saturated heterocycles. The predicted octanol–water partition coefficient (Wildman–Crippen LogP) is 3.93. The monoisotopic (exact) mass is 562 g/mol. The van der Waals surface area contributed by atoms with Gasteiger partial charge in [0.25, 0.3) is 0 Å². The van der Waals surface area contributed by atoms with Gasteiger partial charge in [-0.3, -0.25) is 14.4 Å². The topological polar surface area (TPSA) is 99.8 Å². The molecule has 0 aromatic heterocycles. The van der Waals surface area contributed by atoms with Gasteiger partial charge in [-0.15, -0.1) is 0 Å². The highest BCUT2D eigenvalue weighted by molar-refractivity contribution is 5.94. The molecule has 1 aliphatic carbocycles. The summed E-state index contributed by atoms with van der Waals surface area (Å²) >= 11 is 0. The number of hydrogen-bond acceptors (Lipinski definition) is 5. The fourth-order valence-corrected chi connectivity index (χ4v) is 5.79. The summed E-state index contributed by atoms with van der Waals surface area (Å²) in [6.45, 7) is 9.88. The summed E-state index contributed by atoms with van der Waals surface area (Å²) in [5, 5.41) is 9.15. The standard InChI is InChI=1S/C33H46N4O4/c1-7-22-12-10-15-24(18-22)41-25-19-28(31(39)35-27-17-11-14-23-13-8-9-16-26(23)27)37(20-25)32(40)29(33(3,4)5)36-30(38)21(2)34-6/h8-10,12-13,15-16,18,21,25,27-29,34H,7,11,14,17,19-20H2,1-6H3,(H,35,39)(H,36,38). The number of carbonyl (C=O) groups is 3. The van der Waals surface area contributed by atoms with E-state index in [2.05, 4.69) is 41.1 Å². The summed E-state index contributed by atoms with van der Waals surface area (Å²) in [6.07, 6.45) is 3.76. The molecule has 222 valence electrons. The van der Waals surface area contributed by atoms with Crippen molar-refractivity contribution in [2.24, 2.45) is 5.41 Å². The number of carbonyl (C=O) groups excluding carboxylic acids is 3. The summed E-state index contributed by atoms with van der Waals surface area (Å²) in [7, 11) is 1.71. The molecular weight excluding hydrogens is 516 g/mol. The zero-order valence-electron chi connectivity index (χ0n) is 25.3. The third-order valence-electron chi connectivity index (χ3n) is 8.37. The molecule has 2 aromatic carbocycles. The van der Waals surface area contributed by atoms with Crippen molar-refractivity contribution in [3.63, 3.8) is 0 Å². The summed E-state index contributed by atoms with van der Waals surface area (Å²) in [5.74, 6) is 0.0132. The lowest BCUT2D eigenvalue weighted by Crippen LogP contribution is -2.59. The van der Waals surface area contributed by atoms with E-state index in [4.69, 9.17) is 4.74 Å². The minimum Gasteiger partial charge on any atom is -0.488 e. The maximum absolute atomic E-state index is 14.2. The molecule has 1 fully saturated rings. The van der Waals surface area contributed by atoms with Gasteiger partial charge in [0, 0.05) is 6.42 Å². The van der Waals surface area contributed by atoms with Crippen molar-refractivity contribution in [2.45, 2.75) is 97.0 Å². The van der Waals surface area contributed by atoms with E-state index in [0.717, 1.165) is 42.6 Å².